The first-order valence-corrected chi connectivity index (χ1v) is 9.92. The third kappa shape index (κ3) is 3.64. The number of nitrogens with zero attached hydrogens (tertiary/aromatic N) is 4. The Balaban J connectivity index is 1.93. The van der Waals surface area contributed by atoms with Gasteiger partial charge in [0, 0.05) is 20.3 Å². The Labute approximate surface area is 150 Å². The second-order valence-electron chi connectivity index (χ2n) is 5.89. The first-order valence-electron chi connectivity index (χ1n) is 8.03. The molecule has 3 rings (SSSR count). The van der Waals surface area contributed by atoms with Crippen molar-refractivity contribution in [2.24, 2.45) is 0 Å². The lowest BCUT2D eigenvalue weighted by Crippen LogP contribution is -2.41. The molecule has 1 aliphatic rings. The Morgan fingerprint density at radius 2 is 2.12 bits per heavy atom. The van der Waals surface area contributed by atoms with Crippen molar-refractivity contribution in [1.29, 1.82) is 0 Å². The summed E-state index contributed by atoms with van der Waals surface area (Å²) in [5.41, 5.74) is 6.78. The molecule has 0 aromatic carbocycles. The zero-order valence-corrected chi connectivity index (χ0v) is 15.5. The highest BCUT2D eigenvalue weighted by Crippen LogP contribution is 2.35. The molecule has 2 aromatic heterocycles. The lowest BCUT2D eigenvalue weighted by molar-refractivity contribution is -0.0566. The standard InChI is InChI=1S/C14H22N6O5S/c1-4-24-10-8(5-19-26(3,21)22)25-14(11(10)23-2)20-7-18-9-12(15)16-6-17-13(9)20/h6-8,10-11,14,19H,4-5H2,1-3H3,(H2,15,16,17)/t8-,10-,11-,14-/m1/s1. The Morgan fingerprint density at radius 3 is 2.77 bits per heavy atom. The van der Waals surface area contributed by atoms with E-state index in [0.717, 1.165) is 6.26 Å². The number of ether oxygens (including phenoxy) is 3. The molecule has 3 heterocycles. The van der Waals surface area contributed by atoms with Gasteiger partial charge in [-0.15, -0.1) is 0 Å². The number of imidazole rings is 1. The van der Waals surface area contributed by atoms with Gasteiger partial charge in [-0.2, -0.15) is 0 Å². The van der Waals surface area contributed by atoms with Crippen LogP contribution in [0.4, 0.5) is 5.82 Å². The van der Waals surface area contributed by atoms with Crippen molar-refractivity contribution in [2.75, 3.05) is 32.3 Å². The van der Waals surface area contributed by atoms with Gasteiger partial charge >= 0.3 is 0 Å². The summed E-state index contributed by atoms with van der Waals surface area (Å²) in [5.74, 6) is 0.261. The number of sulfonamides is 1. The van der Waals surface area contributed by atoms with Crippen LogP contribution in [0.2, 0.25) is 0 Å². The molecule has 0 unspecified atom stereocenters. The average Bonchev–Trinajstić information content (AvgIpc) is 3.15. The summed E-state index contributed by atoms with van der Waals surface area (Å²) in [6, 6.07) is 0. The smallest absolute Gasteiger partial charge is 0.208 e. The molecule has 144 valence electrons. The van der Waals surface area contributed by atoms with Crippen LogP contribution in [0.15, 0.2) is 12.7 Å². The number of hydrogen-bond donors (Lipinski definition) is 2. The van der Waals surface area contributed by atoms with E-state index in [1.165, 1.54) is 6.33 Å². The quantitative estimate of drug-likeness (QED) is 0.629. The van der Waals surface area contributed by atoms with E-state index < -0.39 is 34.6 Å². The van der Waals surface area contributed by atoms with Crippen LogP contribution < -0.4 is 10.5 Å². The first kappa shape index (κ1) is 18.9. The van der Waals surface area contributed by atoms with Gasteiger partial charge in [0.15, 0.2) is 17.7 Å². The molecule has 0 aliphatic carbocycles. The van der Waals surface area contributed by atoms with Crippen LogP contribution in [-0.4, -0.2) is 72.8 Å². The minimum atomic E-state index is -3.37. The van der Waals surface area contributed by atoms with E-state index in [-0.39, 0.29) is 12.4 Å². The lowest BCUT2D eigenvalue weighted by atomic mass is 10.1. The highest BCUT2D eigenvalue weighted by atomic mass is 32.2. The van der Waals surface area contributed by atoms with Crippen LogP contribution in [-0.2, 0) is 24.2 Å². The van der Waals surface area contributed by atoms with Gasteiger partial charge in [0.2, 0.25) is 10.0 Å². The molecule has 26 heavy (non-hydrogen) atoms. The van der Waals surface area contributed by atoms with Crippen molar-refractivity contribution in [1.82, 2.24) is 24.2 Å². The van der Waals surface area contributed by atoms with Crippen LogP contribution in [0.1, 0.15) is 13.2 Å². The van der Waals surface area contributed by atoms with Gasteiger partial charge in [0.25, 0.3) is 0 Å². The molecule has 1 aliphatic heterocycles. The molecular formula is C14H22N6O5S. The fourth-order valence-electron chi connectivity index (χ4n) is 3.03. The van der Waals surface area contributed by atoms with Crippen LogP contribution in [0.5, 0.6) is 0 Å². The van der Waals surface area contributed by atoms with Gasteiger partial charge in [-0.3, -0.25) is 4.57 Å². The van der Waals surface area contributed by atoms with Gasteiger partial charge < -0.3 is 19.9 Å². The van der Waals surface area contributed by atoms with Crippen LogP contribution in [0.25, 0.3) is 11.2 Å². The Kier molecular flexibility index (Phi) is 5.39. The second kappa shape index (κ2) is 7.40. The van der Waals surface area contributed by atoms with E-state index in [0.29, 0.717) is 17.8 Å². The summed E-state index contributed by atoms with van der Waals surface area (Å²) < 4.78 is 44.5. The third-order valence-electron chi connectivity index (χ3n) is 4.12. The summed E-state index contributed by atoms with van der Waals surface area (Å²) >= 11 is 0. The van der Waals surface area contributed by atoms with Crippen molar-refractivity contribution in [2.45, 2.75) is 31.5 Å². The summed E-state index contributed by atoms with van der Waals surface area (Å²) in [6.07, 6.45) is 1.86. The summed E-state index contributed by atoms with van der Waals surface area (Å²) in [7, 11) is -1.82. The summed E-state index contributed by atoms with van der Waals surface area (Å²) in [4.78, 5) is 12.4. The first-order chi connectivity index (χ1) is 12.4. The zero-order chi connectivity index (χ0) is 18.9. The Morgan fingerprint density at radius 1 is 1.35 bits per heavy atom. The van der Waals surface area contributed by atoms with Gasteiger partial charge in [-0.1, -0.05) is 0 Å². The molecule has 0 bridgehead atoms. The van der Waals surface area contributed by atoms with Crippen molar-refractivity contribution in [3.8, 4) is 0 Å². The molecule has 2 aromatic rings. The molecule has 4 atom stereocenters. The SMILES string of the molecule is CCO[C@H]1[C@@H](OC)[C@H](n2cnc3c(N)ncnc32)O[C@@H]1CNS(C)(=O)=O. The van der Waals surface area contributed by atoms with Gasteiger partial charge in [0.05, 0.1) is 12.6 Å². The normalized spacial score (nSPS) is 26.6. The fourth-order valence-corrected chi connectivity index (χ4v) is 3.50. The molecule has 11 nitrogen and oxygen atoms in total. The molecule has 3 N–H and O–H groups in total. The Bertz CT molecular complexity index is 872. The maximum Gasteiger partial charge on any atom is 0.208 e. The average molecular weight is 386 g/mol. The number of hydrogen-bond acceptors (Lipinski definition) is 9. The number of methoxy groups -OCH3 is 1. The summed E-state index contributed by atoms with van der Waals surface area (Å²) in [5, 5.41) is 0. The van der Waals surface area contributed by atoms with Crippen molar-refractivity contribution >= 4 is 27.0 Å². The van der Waals surface area contributed by atoms with E-state index in [9.17, 15) is 8.42 Å². The molecule has 12 heteroatoms. The summed E-state index contributed by atoms with van der Waals surface area (Å²) in [6.45, 7) is 2.33. The van der Waals surface area contributed by atoms with E-state index in [1.54, 1.807) is 18.0 Å². The lowest BCUT2D eigenvalue weighted by Gasteiger charge is -2.23. The largest absolute Gasteiger partial charge is 0.382 e. The predicted octanol–water partition coefficient (Wildman–Crippen LogP) is -0.725. The van der Waals surface area contributed by atoms with Crippen LogP contribution in [0, 0.1) is 0 Å². The third-order valence-corrected chi connectivity index (χ3v) is 4.82. The predicted molar refractivity (Wildman–Crippen MR) is 92.7 cm³/mol. The molecule has 0 radical (unpaired) electrons. The Hall–Kier alpha value is -1.86. The molecule has 0 saturated carbocycles. The van der Waals surface area contributed by atoms with E-state index in [4.69, 9.17) is 19.9 Å². The van der Waals surface area contributed by atoms with Crippen molar-refractivity contribution < 1.29 is 22.6 Å². The number of fused-ring (bicyclic) bond motifs is 1. The fraction of sp³-hybridized carbons (Fsp3) is 0.643. The number of aromatic nitrogens is 4. The molecule has 1 fully saturated rings. The monoisotopic (exact) mass is 386 g/mol. The van der Waals surface area contributed by atoms with Gasteiger partial charge in [-0.05, 0) is 6.92 Å². The second-order valence-corrected chi connectivity index (χ2v) is 7.72. The molecule has 1 saturated heterocycles. The zero-order valence-electron chi connectivity index (χ0n) is 14.7. The number of nitrogens with one attached hydrogen (secondary N) is 1. The number of nitrogens with two attached hydrogens (primary N) is 1. The van der Waals surface area contributed by atoms with Crippen molar-refractivity contribution in [3.05, 3.63) is 12.7 Å². The number of nitrogen functional groups attached to an aromatic ring is 1. The van der Waals surface area contributed by atoms with E-state index in [1.807, 2.05) is 6.92 Å². The van der Waals surface area contributed by atoms with E-state index in [2.05, 4.69) is 19.7 Å². The minimum Gasteiger partial charge on any atom is -0.382 e. The van der Waals surface area contributed by atoms with Crippen LogP contribution >= 0.6 is 0 Å². The number of anilines is 1. The van der Waals surface area contributed by atoms with Crippen LogP contribution in [0.3, 0.4) is 0 Å². The number of rotatable bonds is 7. The maximum atomic E-state index is 11.4. The highest BCUT2D eigenvalue weighted by molar-refractivity contribution is 7.88. The highest BCUT2D eigenvalue weighted by Gasteiger charge is 2.47. The minimum absolute atomic E-state index is 0.0591. The van der Waals surface area contributed by atoms with Crippen molar-refractivity contribution in [3.63, 3.8) is 0 Å². The van der Waals surface area contributed by atoms with Gasteiger partial charge in [0.1, 0.15) is 30.2 Å². The molecule has 0 amide bonds. The molecular weight excluding hydrogens is 364 g/mol. The topological polar surface area (TPSA) is 143 Å². The molecule has 0 spiro atoms. The van der Waals surface area contributed by atoms with E-state index >= 15 is 0 Å². The van der Waals surface area contributed by atoms with Gasteiger partial charge in [-0.25, -0.2) is 28.1 Å². The maximum absolute atomic E-state index is 11.4.